The van der Waals surface area contributed by atoms with Crippen LogP contribution >= 0.6 is 15.9 Å². The maximum absolute atomic E-state index is 6.36. The molecule has 1 nitrogen and oxygen atoms in total. The van der Waals surface area contributed by atoms with Crippen molar-refractivity contribution in [2.45, 2.75) is 58.4 Å². The van der Waals surface area contributed by atoms with Crippen molar-refractivity contribution in [1.82, 2.24) is 0 Å². The fraction of sp³-hybridized carbons (Fsp3) is 0.600. The van der Waals surface area contributed by atoms with E-state index in [1.54, 1.807) is 0 Å². The van der Waals surface area contributed by atoms with Gasteiger partial charge in [-0.1, -0.05) is 48.8 Å². The Hall–Kier alpha value is -0.123. The van der Waals surface area contributed by atoms with E-state index in [9.17, 15) is 0 Å². The lowest BCUT2D eigenvalue weighted by molar-refractivity contribution is 0.199. The van der Waals surface area contributed by atoms with Crippen molar-refractivity contribution < 1.29 is 4.43 Å². The van der Waals surface area contributed by atoms with E-state index in [1.165, 1.54) is 5.56 Å². The Bertz CT molecular complexity index is 378. The standard InChI is InChI=1S/C15H25BrOSi/c1-12(17-18(5,6)15(2,3)4)11-13-7-9-14(16)10-8-13/h7-10,12H,11H2,1-6H3. The van der Waals surface area contributed by atoms with Crippen molar-refractivity contribution in [3.8, 4) is 0 Å². The summed E-state index contributed by atoms with van der Waals surface area (Å²) in [4.78, 5) is 0. The first-order valence-electron chi connectivity index (χ1n) is 6.54. The van der Waals surface area contributed by atoms with E-state index < -0.39 is 8.32 Å². The molecule has 0 heterocycles. The SMILES string of the molecule is CC(Cc1ccc(Br)cc1)O[Si](C)(C)C(C)(C)C. The van der Waals surface area contributed by atoms with E-state index in [-0.39, 0.29) is 11.1 Å². The lowest BCUT2D eigenvalue weighted by Gasteiger charge is -2.38. The van der Waals surface area contributed by atoms with Gasteiger partial charge in [-0.15, -0.1) is 0 Å². The molecule has 1 aromatic rings. The van der Waals surface area contributed by atoms with E-state index >= 15 is 0 Å². The minimum Gasteiger partial charge on any atom is -0.414 e. The predicted molar refractivity (Wildman–Crippen MR) is 85.6 cm³/mol. The molecule has 0 aliphatic heterocycles. The maximum Gasteiger partial charge on any atom is 0.192 e. The normalized spacial score (nSPS) is 14.6. The zero-order chi connectivity index (χ0) is 14.0. The Labute approximate surface area is 121 Å². The molecular weight excluding hydrogens is 304 g/mol. The Balaban J connectivity index is 2.62. The number of rotatable bonds is 4. The van der Waals surface area contributed by atoms with E-state index in [0.717, 1.165) is 10.9 Å². The van der Waals surface area contributed by atoms with E-state index in [1.807, 2.05) is 0 Å². The first kappa shape index (κ1) is 15.9. The topological polar surface area (TPSA) is 9.23 Å². The average molecular weight is 329 g/mol. The summed E-state index contributed by atoms with van der Waals surface area (Å²) in [6.45, 7) is 13.7. The van der Waals surface area contributed by atoms with Gasteiger partial charge in [-0.25, -0.2) is 0 Å². The lowest BCUT2D eigenvalue weighted by Crippen LogP contribution is -2.43. The molecule has 0 aliphatic carbocycles. The fourth-order valence-corrected chi connectivity index (χ4v) is 3.38. The highest BCUT2D eigenvalue weighted by Gasteiger charge is 2.38. The molecule has 0 amide bonds. The Morgan fingerprint density at radius 2 is 1.67 bits per heavy atom. The Morgan fingerprint density at radius 3 is 2.11 bits per heavy atom. The smallest absolute Gasteiger partial charge is 0.192 e. The van der Waals surface area contributed by atoms with Gasteiger partial charge in [0.2, 0.25) is 0 Å². The molecule has 0 N–H and O–H groups in total. The van der Waals surface area contributed by atoms with E-state index in [0.29, 0.717) is 0 Å². The van der Waals surface area contributed by atoms with Gasteiger partial charge < -0.3 is 4.43 Å². The van der Waals surface area contributed by atoms with Crippen molar-refractivity contribution in [1.29, 1.82) is 0 Å². The van der Waals surface area contributed by atoms with Crippen LogP contribution in [0.3, 0.4) is 0 Å². The molecule has 0 spiro atoms. The molecule has 0 aromatic heterocycles. The Kier molecular flexibility index (Phi) is 5.21. The van der Waals surface area contributed by atoms with Gasteiger partial charge in [0.15, 0.2) is 8.32 Å². The van der Waals surface area contributed by atoms with Crippen molar-refractivity contribution >= 4 is 24.2 Å². The maximum atomic E-state index is 6.36. The zero-order valence-electron chi connectivity index (χ0n) is 12.4. The second-order valence-electron chi connectivity index (χ2n) is 6.52. The molecule has 0 saturated carbocycles. The van der Waals surface area contributed by atoms with Gasteiger partial charge in [0.1, 0.15) is 0 Å². The lowest BCUT2D eigenvalue weighted by atomic mass is 10.1. The summed E-state index contributed by atoms with van der Waals surface area (Å²) in [7, 11) is -1.64. The first-order valence-corrected chi connectivity index (χ1v) is 10.2. The molecule has 0 aliphatic rings. The van der Waals surface area contributed by atoms with Crippen LogP contribution in [0.5, 0.6) is 0 Å². The van der Waals surface area contributed by atoms with Crippen LogP contribution < -0.4 is 0 Å². The molecule has 0 fully saturated rings. The molecule has 1 unspecified atom stereocenters. The van der Waals surface area contributed by atoms with Crippen LogP contribution in [0.25, 0.3) is 0 Å². The second kappa shape index (κ2) is 5.89. The molecule has 0 radical (unpaired) electrons. The van der Waals surface area contributed by atoms with Gasteiger partial charge in [-0.2, -0.15) is 0 Å². The van der Waals surface area contributed by atoms with Crippen molar-refractivity contribution in [2.24, 2.45) is 0 Å². The van der Waals surface area contributed by atoms with E-state index in [2.05, 4.69) is 81.0 Å². The van der Waals surface area contributed by atoms with Crippen molar-refractivity contribution in [2.75, 3.05) is 0 Å². The fourth-order valence-electron chi connectivity index (χ4n) is 1.67. The van der Waals surface area contributed by atoms with Crippen LogP contribution in [-0.4, -0.2) is 14.4 Å². The largest absolute Gasteiger partial charge is 0.414 e. The minimum atomic E-state index is -1.64. The molecule has 0 saturated heterocycles. The zero-order valence-corrected chi connectivity index (χ0v) is 15.0. The van der Waals surface area contributed by atoms with Crippen LogP contribution in [0.4, 0.5) is 0 Å². The minimum absolute atomic E-state index is 0.279. The molecule has 1 aromatic carbocycles. The van der Waals surface area contributed by atoms with Gasteiger partial charge in [0, 0.05) is 10.6 Å². The third-order valence-electron chi connectivity index (χ3n) is 3.74. The summed E-state index contributed by atoms with van der Waals surface area (Å²) < 4.78 is 7.49. The second-order valence-corrected chi connectivity index (χ2v) is 12.2. The van der Waals surface area contributed by atoms with Crippen LogP contribution in [0, 0.1) is 0 Å². The van der Waals surface area contributed by atoms with Crippen LogP contribution in [0.15, 0.2) is 28.7 Å². The number of hydrogen-bond donors (Lipinski definition) is 0. The van der Waals surface area contributed by atoms with Gasteiger partial charge in [0.25, 0.3) is 0 Å². The highest BCUT2D eigenvalue weighted by atomic mass is 79.9. The number of hydrogen-bond acceptors (Lipinski definition) is 1. The molecule has 18 heavy (non-hydrogen) atoms. The average Bonchev–Trinajstić information content (AvgIpc) is 2.19. The summed E-state index contributed by atoms with van der Waals surface area (Å²) in [5.74, 6) is 0. The molecule has 0 bridgehead atoms. The molecule has 102 valence electrons. The van der Waals surface area contributed by atoms with Gasteiger partial charge in [-0.3, -0.25) is 0 Å². The first-order chi connectivity index (χ1) is 8.12. The monoisotopic (exact) mass is 328 g/mol. The van der Waals surface area contributed by atoms with Crippen molar-refractivity contribution in [3.05, 3.63) is 34.3 Å². The highest BCUT2D eigenvalue weighted by molar-refractivity contribution is 9.10. The molecule has 3 heteroatoms. The van der Waals surface area contributed by atoms with Gasteiger partial charge >= 0.3 is 0 Å². The van der Waals surface area contributed by atoms with E-state index in [4.69, 9.17) is 4.43 Å². The van der Waals surface area contributed by atoms with Crippen LogP contribution in [-0.2, 0) is 10.8 Å². The quantitative estimate of drug-likeness (QED) is 0.672. The number of benzene rings is 1. The summed E-state index contributed by atoms with van der Waals surface area (Å²) in [6.07, 6.45) is 1.27. The summed E-state index contributed by atoms with van der Waals surface area (Å²) in [5, 5.41) is 0.279. The number of halogens is 1. The summed E-state index contributed by atoms with van der Waals surface area (Å²) >= 11 is 3.46. The van der Waals surface area contributed by atoms with Crippen LogP contribution in [0.1, 0.15) is 33.3 Å². The van der Waals surface area contributed by atoms with Gasteiger partial charge in [-0.05, 0) is 49.2 Å². The molecule has 1 rings (SSSR count). The highest BCUT2D eigenvalue weighted by Crippen LogP contribution is 2.37. The van der Waals surface area contributed by atoms with Crippen molar-refractivity contribution in [3.63, 3.8) is 0 Å². The third-order valence-corrected chi connectivity index (χ3v) is 8.87. The third kappa shape index (κ3) is 4.52. The summed E-state index contributed by atoms with van der Waals surface area (Å²) in [5.41, 5.74) is 1.34. The van der Waals surface area contributed by atoms with Gasteiger partial charge in [0.05, 0.1) is 0 Å². The molecule has 1 atom stereocenters. The Morgan fingerprint density at radius 1 is 1.17 bits per heavy atom. The summed E-state index contributed by atoms with van der Waals surface area (Å²) in [6, 6.07) is 8.51. The predicted octanol–water partition coefficient (Wildman–Crippen LogP) is 5.40. The van der Waals surface area contributed by atoms with Crippen LogP contribution in [0.2, 0.25) is 18.1 Å². The molecular formula is C15H25BrOSi.